The van der Waals surface area contributed by atoms with E-state index in [2.05, 4.69) is 39.8 Å². The van der Waals surface area contributed by atoms with Crippen molar-refractivity contribution in [2.45, 2.75) is 33.7 Å². The van der Waals surface area contributed by atoms with Crippen molar-refractivity contribution in [2.24, 2.45) is 5.92 Å². The Kier molecular flexibility index (Phi) is 7.49. The van der Waals surface area contributed by atoms with Gasteiger partial charge < -0.3 is 10.1 Å². The fourth-order valence-corrected chi connectivity index (χ4v) is 4.16. The van der Waals surface area contributed by atoms with Gasteiger partial charge in [-0.15, -0.1) is 10.2 Å². The molecule has 0 saturated heterocycles. The SMILES string of the molecule is CCc1nnc2sc(-c3ccc(CNC(=S)NC(=O)c4ccc(OCC(C)C)cc4)cc3)nn12. The van der Waals surface area contributed by atoms with Crippen LogP contribution in [-0.4, -0.2) is 37.4 Å². The third kappa shape index (κ3) is 5.75. The highest BCUT2D eigenvalue weighted by molar-refractivity contribution is 7.80. The molecule has 0 unspecified atom stereocenters. The van der Waals surface area contributed by atoms with Crippen LogP contribution in [0.3, 0.4) is 0 Å². The topological polar surface area (TPSA) is 93.4 Å². The van der Waals surface area contributed by atoms with Crippen LogP contribution in [0.25, 0.3) is 15.5 Å². The average molecular weight is 495 g/mol. The molecular formula is C24H26N6O2S2. The maximum Gasteiger partial charge on any atom is 0.257 e. The van der Waals surface area contributed by atoms with Crippen molar-refractivity contribution >= 4 is 39.5 Å². The van der Waals surface area contributed by atoms with E-state index in [4.69, 9.17) is 17.0 Å². The van der Waals surface area contributed by atoms with Gasteiger partial charge in [0.05, 0.1) is 6.61 Å². The second-order valence-electron chi connectivity index (χ2n) is 8.13. The molecule has 2 heterocycles. The predicted molar refractivity (Wildman–Crippen MR) is 137 cm³/mol. The summed E-state index contributed by atoms with van der Waals surface area (Å²) in [5.74, 6) is 1.76. The number of rotatable bonds is 8. The van der Waals surface area contributed by atoms with Crippen LogP contribution in [0.5, 0.6) is 5.75 Å². The quantitative estimate of drug-likeness (QED) is 0.354. The number of aryl methyl sites for hydroxylation is 1. The second-order valence-corrected chi connectivity index (χ2v) is 9.50. The van der Waals surface area contributed by atoms with Crippen LogP contribution in [0.1, 0.15) is 42.5 Å². The van der Waals surface area contributed by atoms with Gasteiger partial charge in [0.2, 0.25) is 4.96 Å². The van der Waals surface area contributed by atoms with Crippen molar-refractivity contribution in [1.29, 1.82) is 0 Å². The first-order chi connectivity index (χ1) is 16.4. The monoisotopic (exact) mass is 494 g/mol. The smallest absolute Gasteiger partial charge is 0.257 e. The summed E-state index contributed by atoms with van der Waals surface area (Å²) in [6.45, 7) is 7.33. The van der Waals surface area contributed by atoms with Crippen LogP contribution in [0, 0.1) is 5.92 Å². The molecule has 0 aliphatic carbocycles. The fourth-order valence-electron chi connectivity index (χ4n) is 3.13. The predicted octanol–water partition coefficient (Wildman–Crippen LogP) is 4.25. The van der Waals surface area contributed by atoms with E-state index in [-0.39, 0.29) is 11.0 Å². The number of fused-ring (bicyclic) bond motifs is 1. The molecule has 2 N–H and O–H groups in total. The van der Waals surface area contributed by atoms with Crippen LogP contribution in [-0.2, 0) is 13.0 Å². The molecule has 0 fully saturated rings. The van der Waals surface area contributed by atoms with E-state index in [0.29, 0.717) is 24.6 Å². The van der Waals surface area contributed by atoms with Gasteiger partial charge in [-0.1, -0.05) is 56.4 Å². The lowest BCUT2D eigenvalue weighted by Crippen LogP contribution is -2.38. The molecule has 0 saturated carbocycles. The summed E-state index contributed by atoms with van der Waals surface area (Å²) in [6.07, 6.45) is 0.781. The number of carbonyl (C=O) groups is 1. The van der Waals surface area contributed by atoms with Crippen molar-refractivity contribution in [3.63, 3.8) is 0 Å². The number of nitrogens with one attached hydrogen (secondary N) is 2. The number of carbonyl (C=O) groups excluding carboxylic acids is 1. The minimum Gasteiger partial charge on any atom is -0.493 e. The molecule has 8 nitrogen and oxygen atoms in total. The molecule has 2 aromatic heterocycles. The van der Waals surface area contributed by atoms with Crippen LogP contribution < -0.4 is 15.4 Å². The Balaban J connectivity index is 1.28. The lowest BCUT2D eigenvalue weighted by atomic mass is 10.1. The minimum atomic E-state index is -0.266. The molecule has 176 valence electrons. The normalized spacial score (nSPS) is 11.1. The van der Waals surface area contributed by atoms with E-state index in [1.807, 2.05) is 31.2 Å². The minimum absolute atomic E-state index is 0.266. The number of hydrogen-bond acceptors (Lipinski definition) is 7. The maximum atomic E-state index is 12.4. The molecule has 4 rings (SSSR count). The highest BCUT2D eigenvalue weighted by Crippen LogP contribution is 2.25. The molecule has 0 atom stereocenters. The van der Waals surface area contributed by atoms with Gasteiger partial charge in [-0.2, -0.15) is 9.61 Å². The Hall–Kier alpha value is -3.37. The molecule has 0 aliphatic rings. The Morgan fingerprint density at radius 1 is 1.12 bits per heavy atom. The molecule has 0 aliphatic heterocycles. The fraction of sp³-hybridized carbons (Fsp3) is 0.292. The number of thiocarbonyl (C=S) groups is 1. The Morgan fingerprint density at radius 3 is 2.53 bits per heavy atom. The summed E-state index contributed by atoms with van der Waals surface area (Å²) in [4.78, 5) is 13.2. The van der Waals surface area contributed by atoms with E-state index < -0.39 is 0 Å². The van der Waals surface area contributed by atoms with Gasteiger partial charge in [0.1, 0.15) is 10.8 Å². The molecule has 34 heavy (non-hydrogen) atoms. The summed E-state index contributed by atoms with van der Waals surface area (Å²) >= 11 is 6.79. The average Bonchev–Trinajstić information content (AvgIpc) is 3.43. The van der Waals surface area contributed by atoms with E-state index in [1.54, 1.807) is 28.8 Å². The van der Waals surface area contributed by atoms with Crippen LogP contribution >= 0.6 is 23.6 Å². The number of nitrogens with zero attached hydrogens (tertiary/aromatic N) is 4. The summed E-state index contributed by atoms with van der Waals surface area (Å²) in [7, 11) is 0. The number of aromatic nitrogens is 4. The zero-order valence-electron chi connectivity index (χ0n) is 19.2. The third-order valence-electron chi connectivity index (χ3n) is 4.95. The molecule has 0 radical (unpaired) electrons. The maximum absolute atomic E-state index is 12.4. The van der Waals surface area contributed by atoms with Crippen molar-refractivity contribution in [3.05, 3.63) is 65.5 Å². The van der Waals surface area contributed by atoms with Gasteiger partial charge >= 0.3 is 0 Å². The largest absolute Gasteiger partial charge is 0.493 e. The summed E-state index contributed by atoms with van der Waals surface area (Å²) in [5.41, 5.74) is 2.56. The van der Waals surface area contributed by atoms with Gasteiger partial charge in [0.15, 0.2) is 10.9 Å². The molecular weight excluding hydrogens is 468 g/mol. The van der Waals surface area contributed by atoms with Crippen LogP contribution in [0.4, 0.5) is 0 Å². The number of ether oxygens (including phenoxy) is 1. The Morgan fingerprint density at radius 2 is 1.85 bits per heavy atom. The second kappa shape index (κ2) is 10.7. The van der Waals surface area contributed by atoms with Crippen molar-refractivity contribution in [1.82, 2.24) is 30.4 Å². The first kappa shape index (κ1) is 23.8. The van der Waals surface area contributed by atoms with Crippen molar-refractivity contribution in [3.8, 4) is 16.3 Å². The zero-order chi connectivity index (χ0) is 24.1. The van der Waals surface area contributed by atoms with Crippen molar-refractivity contribution in [2.75, 3.05) is 6.61 Å². The van der Waals surface area contributed by atoms with Gasteiger partial charge in [-0.05, 0) is 48.0 Å². The molecule has 1 amide bonds. The lowest BCUT2D eigenvalue weighted by molar-refractivity contribution is 0.0976. The molecule has 10 heteroatoms. The molecule has 0 bridgehead atoms. The Labute approximate surface area is 207 Å². The van der Waals surface area contributed by atoms with Gasteiger partial charge in [0, 0.05) is 24.1 Å². The first-order valence-corrected chi connectivity index (χ1v) is 12.3. The van der Waals surface area contributed by atoms with Crippen LogP contribution in [0.15, 0.2) is 48.5 Å². The first-order valence-electron chi connectivity index (χ1n) is 11.1. The molecule has 4 aromatic rings. The summed E-state index contributed by atoms with van der Waals surface area (Å²) in [6, 6.07) is 15.1. The van der Waals surface area contributed by atoms with E-state index in [1.165, 1.54) is 11.3 Å². The highest BCUT2D eigenvalue weighted by Gasteiger charge is 2.12. The summed E-state index contributed by atoms with van der Waals surface area (Å²) < 4.78 is 7.44. The standard InChI is InChI=1S/C24H26N6O2S2/c1-4-20-27-28-24-30(20)29-22(34-24)18-7-5-16(6-8-18)13-25-23(33)26-21(31)17-9-11-19(12-10-17)32-14-15(2)3/h5-12,15H,4,13-14H2,1-3H3,(H2,25,26,31,33). The van der Waals surface area contributed by atoms with E-state index >= 15 is 0 Å². The van der Waals surface area contributed by atoms with Crippen molar-refractivity contribution < 1.29 is 9.53 Å². The summed E-state index contributed by atoms with van der Waals surface area (Å²) in [5, 5.41) is 19.9. The lowest BCUT2D eigenvalue weighted by Gasteiger charge is -2.11. The van der Waals surface area contributed by atoms with Gasteiger partial charge in [-0.3, -0.25) is 10.1 Å². The van der Waals surface area contributed by atoms with Gasteiger partial charge in [0.25, 0.3) is 5.91 Å². The zero-order valence-corrected chi connectivity index (χ0v) is 20.9. The number of amides is 1. The number of hydrogen-bond donors (Lipinski definition) is 2. The molecule has 2 aromatic carbocycles. The highest BCUT2D eigenvalue weighted by atomic mass is 32.1. The van der Waals surface area contributed by atoms with Crippen LogP contribution in [0.2, 0.25) is 0 Å². The van der Waals surface area contributed by atoms with E-state index in [0.717, 1.165) is 39.1 Å². The number of benzene rings is 2. The molecule has 0 spiro atoms. The Bertz CT molecular complexity index is 1280. The third-order valence-corrected chi connectivity index (χ3v) is 6.15. The van der Waals surface area contributed by atoms with E-state index in [9.17, 15) is 4.79 Å². The van der Waals surface area contributed by atoms with Gasteiger partial charge in [-0.25, -0.2) is 0 Å².